The van der Waals surface area contributed by atoms with Gasteiger partial charge in [-0.2, -0.15) is 0 Å². The van der Waals surface area contributed by atoms with E-state index in [1.165, 1.54) is 70.6 Å². The first kappa shape index (κ1) is 22.9. The summed E-state index contributed by atoms with van der Waals surface area (Å²) in [5.41, 5.74) is 2.46. The zero-order valence-electron chi connectivity index (χ0n) is 20.9. The zero-order chi connectivity index (χ0) is 21.7. The van der Waals surface area contributed by atoms with Crippen molar-refractivity contribution in [3.63, 3.8) is 0 Å². The van der Waals surface area contributed by atoms with E-state index in [2.05, 4.69) is 47.6 Å². The molecule has 9 atom stereocenters. The summed E-state index contributed by atoms with van der Waals surface area (Å²) >= 11 is 0. The fraction of sp³-hybridized carbons (Fsp3) is 0.931. The highest BCUT2D eigenvalue weighted by molar-refractivity contribution is 5.27. The number of aliphatic hydroxyl groups excluding tert-OH is 1. The van der Waals surface area contributed by atoms with Crippen molar-refractivity contribution in [2.75, 3.05) is 0 Å². The summed E-state index contributed by atoms with van der Waals surface area (Å²) in [7, 11) is 0. The van der Waals surface area contributed by atoms with E-state index in [-0.39, 0.29) is 6.10 Å². The van der Waals surface area contributed by atoms with Crippen molar-refractivity contribution >= 4 is 0 Å². The lowest BCUT2D eigenvalue weighted by molar-refractivity contribution is -0.0923. The van der Waals surface area contributed by atoms with Crippen LogP contribution in [0.15, 0.2) is 11.6 Å². The van der Waals surface area contributed by atoms with Gasteiger partial charge in [0.1, 0.15) is 0 Å². The van der Waals surface area contributed by atoms with Crippen LogP contribution in [0.3, 0.4) is 0 Å². The smallest absolute Gasteiger partial charge is 0.0757 e. The molecule has 0 spiro atoms. The number of hydrogen-bond acceptors (Lipinski definition) is 1. The molecule has 0 amide bonds. The van der Waals surface area contributed by atoms with Crippen molar-refractivity contribution in [2.45, 2.75) is 118 Å². The minimum atomic E-state index is -0.180. The second kappa shape index (κ2) is 8.57. The highest BCUT2D eigenvalue weighted by Gasteiger charge is 2.60. The van der Waals surface area contributed by atoms with Crippen LogP contribution in [-0.4, -0.2) is 11.2 Å². The summed E-state index contributed by atoms with van der Waals surface area (Å²) in [6.07, 6.45) is 17.2. The Morgan fingerprint density at radius 3 is 2.47 bits per heavy atom. The zero-order valence-corrected chi connectivity index (χ0v) is 20.9. The molecule has 0 aromatic carbocycles. The van der Waals surface area contributed by atoms with Crippen LogP contribution in [0.1, 0.15) is 112 Å². The molecule has 5 unspecified atom stereocenters. The van der Waals surface area contributed by atoms with E-state index >= 15 is 0 Å². The van der Waals surface area contributed by atoms with Crippen LogP contribution in [0.5, 0.6) is 0 Å². The van der Waals surface area contributed by atoms with Gasteiger partial charge in [0.25, 0.3) is 0 Å². The highest BCUT2D eigenvalue weighted by atomic mass is 16.3. The summed E-state index contributed by atoms with van der Waals surface area (Å²) in [5.74, 6) is 5.40. The summed E-state index contributed by atoms with van der Waals surface area (Å²) in [4.78, 5) is 0. The summed E-state index contributed by atoms with van der Waals surface area (Å²) < 4.78 is 0. The van der Waals surface area contributed by atoms with E-state index in [9.17, 15) is 5.11 Å². The Kier molecular flexibility index (Phi) is 6.53. The molecule has 0 radical (unpaired) electrons. The number of allylic oxidation sites excluding steroid dienone is 1. The van der Waals surface area contributed by atoms with Gasteiger partial charge < -0.3 is 5.11 Å². The van der Waals surface area contributed by atoms with Crippen LogP contribution < -0.4 is 0 Å². The van der Waals surface area contributed by atoms with Crippen LogP contribution in [0.4, 0.5) is 0 Å². The molecule has 4 aliphatic rings. The minimum absolute atomic E-state index is 0.180. The standard InChI is InChI=1S/C29H50O/c1-7-21(19(2)3)12-11-20(4)23-13-14-24-27-25(15-17-29(23,24)6)28(5)16-9-8-10-22(28)18-26(27)30/h18-21,23-27,30H,7-17H2,1-6H3/t20-,21?,23?,24?,25?,26+,27?,28+,29-/m1/s1. The quantitative estimate of drug-likeness (QED) is 0.436. The summed E-state index contributed by atoms with van der Waals surface area (Å²) in [6.45, 7) is 15.0. The lowest BCUT2D eigenvalue weighted by atomic mass is 9.46. The monoisotopic (exact) mass is 414 g/mol. The summed E-state index contributed by atoms with van der Waals surface area (Å²) in [5, 5.41) is 11.3. The van der Waals surface area contributed by atoms with Crippen LogP contribution in [0.2, 0.25) is 0 Å². The largest absolute Gasteiger partial charge is 0.389 e. The van der Waals surface area contributed by atoms with Crippen molar-refractivity contribution in [1.82, 2.24) is 0 Å². The summed E-state index contributed by atoms with van der Waals surface area (Å²) in [6, 6.07) is 0. The Hall–Kier alpha value is -0.300. The van der Waals surface area contributed by atoms with Crippen molar-refractivity contribution in [2.24, 2.45) is 52.3 Å². The Morgan fingerprint density at radius 2 is 1.77 bits per heavy atom. The van der Waals surface area contributed by atoms with Crippen LogP contribution >= 0.6 is 0 Å². The van der Waals surface area contributed by atoms with E-state index in [1.807, 2.05) is 0 Å². The van der Waals surface area contributed by atoms with Crippen LogP contribution in [-0.2, 0) is 0 Å². The molecule has 0 heterocycles. The lowest BCUT2D eigenvalue weighted by Gasteiger charge is -2.59. The molecule has 1 nitrogen and oxygen atoms in total. The third-order valence-corrected chi connectivity index (χ3v) is 11.3. The van der Waals surface area contributed by atoms with E-state index < -0.39 is 0 Å². The number of hydrogen-bond donors (Lipinski definition) is 1. The maximum atomic E-state index is 11.3. The first-order valence-electron chi connectivity index (χ1n) is 13.6. The number of aliphatic hydroxyl groups is 1. The molecule has 0 aliphatic heterocycles. The molecule has 1 heteroatoms. The van der Waals surface area contributed by atoms with Gasteiger partial charge in [-0.3, -0.25) is 0 Å². The van der Waals surface area contributed by atoms with Gasteiger partial charge in [0.2, 0.25) is 0 Å². The van der Waals surface area contributed by atoms with Gasteiger partial charge in [0.15, 0.2) is 0 Å². The molecule has 1 N–H and O–H groups in total. The molecule has 0 bridgehead atoms. The minimum Gasteiger partial charge on any atom is -0.389 e. The Balaban J connectivity index is 1.51. The first-order valence-corrected chi connectivity index (χ1v) is 13.6. The average Bonchev–Trinajstić information content (AvgIpc) is 3.05. The van der Waals surface area contributed by atoms with Crippen molar-refractivity contribution in [3.8, 4) is 0 Å². The molecule has 172 valence electrons. The van der Waals surface area contributed by atoms with Crippen molar-refractivity contribution in [1.29, 1.82) is 0 Å². The van der Waals surface area contributed by atoms with Gasteiger partial charge in [-0.05, 0) is 104 Å². The molecule has 3 fully saturated rings. The molecular formula is C29H50O. The van der Waals surface area contributed by atoms with Crippen molar-refractivity contribution in [3.05, 3.63) is 11.6 Å². The van der Waals surface area contributed by atoms with Gasteiger partial charge in [-0.15, -0.1) is 0 Å². The predicted octanol–water partition coefficient (Wildman–Crippen LogP) is 8.02. The Labute approximate surface area is 187 Å². The Bertz CT molecular complexity index is 634. The molecule has 4 rings (SSSR count). The third kappa shape index (κ3) is 3.64. The van der Waals surface area contributed by atoms with Gasteiger partial charge in [-0.1, -0.05) is 72.5 Å². The third-order valence-electron chi connectivity index (χ3n) is 11.3. The van der Waals surface area contributed by atoms with Crippen molar-refractivity contribution < 1.29 is 5.11 Å². The van der Waals surface area contributed by atoms with Crippen LogP contribution in [0, 0.1) is 52.3 Å². The van der Waals surface area contributed by atoms with Gasteiger partial charge >= 0.3 is 0 Å². The molecule has 30 heavy (non-hydrogen) atoms. The van der Waals surface area contributed by atoms with E-state index in [0.717, 1.165) is 35.5 Å². The maximum Gasteiger partial charge on any atom is 0.0757 e. The second-order valence-electron chi connectivity index (χ2n) is 12.8. The average molecular weight is 415 g/mol. The maximum absolute atomic E-state index is 11.3. The van der Waals surface area contributed by atoms with Gasteiger partial charge in [-0.25, -0.2) is 0 Å². The predicted molar refractivity (Wildman–Crippen MR) is 128 cm³/mol. The molecular weight excluding hydrogens is 364 g/mol. The van der Waals surface area contributed by atoms with Crippen LogP contribution in [0.25, 0.3) is 0 Å². The molecule has 4 aliphatic carbocycles. The second-order valence-corrected chi connectivity index (χ2v) is 12.8. The lowest BCUT2D eigenvalue weighted by Crippen LogP contribution is -2.54. The fourth-order valence-corrected chi connectivity index (χ4v) is 9.34. The molecule has 0 aromatic heterocycles. The van der Waals surface area contributed by atoms with E-state index in [1.54, 1.807) is 5.57 Å². The molecule has 0 saturated heterocycles. The normalized spacial score (nSPS) is 45.3. The van der Waals surface area contributed by atoms with Gasteiger partial charge in [0.05, 0.1) is 6.10 Å². The van der Waals surface area contributed by atoms with Gasteiger partial charge in [0, 0.05) is 0 Å². The van der Waals surface area contributed by atoms with E-state index in [0.29, 0.717) is 16.7 Å². The fourth-order valence-electron chi connectivity index (χ4n) is 9.34. The molecule has 3 saturated carbocycles. The topological polar surface area (TPSA) is 20.2 Å². The number of fused-ring (bicyclic) bond motifs is 5. The van der Waals surface area contributed by atoms with E-state index in [4.69, 9.17) is 0 Å². The molecule has 0 aromatic rings. The SMILES string of the molecule is CCC(CC[C@@H](C)C1CCC2C3C(CC[C@@]21C)[C@@]1(C)CCCCC1=C[C@@H]3O)C(C)C. The highest BCUT2D eigenvalue weighted by Crippen LogP contribution is 2.67. The number of rotatable bonds is 6. The Morgan fingerprint density at radius 1 is 1.00 bits per heavy atom. The first-order chi connectivity index (χ1) is 14.2.